The van der Waals surface area contributed by atoms with Gasteiger partial charge in [0.25, 0.3) is 0 Å². The van der Waals surface area contributed by atoms with Gasteiger partial charge in [-0.05, 0) is 43.0 Å². The van der Waals surface area contributed by atoms with Crippen LogP contribution in [0.15, 0.2) is 23.4 Å². The van der Waals surface area contributed by atoms with Gasteiger partial charge < -0.3 is 9.88 Å². The Balaban J connectivity index is 1.39. The summed E-state index contributed by atoms with van der Waals surface area (Å²) in [4.78, 5) is 24.4. The van der Waals surface area contributed by atoms with E-state index in [0.29, 0.717) is 23.6 Å². The quantitative estimate of drug-likeness (QED) is 0.545. The average molecular weight is 435 g/mol. The van der Waals surface area contributed by atoms with Crippen molar-refractivity contribution in [2.45, 2.75) is 30.8 Å². The Labute approximate surface area is 173 Å². The second-order valence-electron chi connectivity index (χ2n) is 7.66. The standard InChI is InChI=1S/C19H22N4O4S2/c1-11-14-8-13(3-4-15(14)20-18(11)25)16(24)9-28-19-22-21-17(23(19)2)7-12-5-6-29(26,27)10-12/h3-4,8,11-12H,5-7,9-10H2,1-2H3,(H,20,25)/t11-,12+/m1/s1. The zero-order chi connectivity index (χ0) is 20.8. The van der Waals surface area contributed by atoms with Crippen LogP contribution >= 0.6 is 11.8 Å². The summed E-state index contributed by atoms with van der Waals surface area (Å²) < 4.78 is 25.1. The third kappa shape index (κ3) is 4.09. The fourth-order valence-corrected chi connectivity index (χ4v) is 6.43. The fourth-order valence-electron chi connectivity index (χ4n) is 3.74. The molecule has 1 aromatic heterocycles. The predicted octanol–water partition coefficient (Wildman–Crippen LogP) is 1.82. The number of hydrogen-bond acceptors (Lipinski definition) is 7. The van der Waals surface area contributed by atoms with Crippen molar-refractivity contribution in [1.82, 2.24) is 14.8 Å². The average Bonchev–Trinajstić information content (AvgIpc) is 3.30. The lowest BCUT2D eigenvalue weighted by molar-refractivity contribution is -0.116. The summed E-state index contributed by atoms with van der Waals surface area (Å²) >= 11 is 1.30. The molecule has 2 aliphatic heterocycles. The van der Waals surface area contributed by atoms with Crippen LogP contribution in [0.5, 0.6) is 0 Å². The highest BCUT2D eigenvalue weighted by Crippen LogP contribution is 2.33. The zero-order valence-corrected chi connectivity index (χ0v) is 17.8. The second kappa shape index (κ2) is 7.56. The molecule has 154 valence electrons. The lowest BCUT2D eigenvalue weighted by Crippen LogP contribution is -2.11. The molecule has 1 aromatic carbocycles. The molecule has 2 aromatic rings. The zero-order valence-electron chi connectivity index (χ0n) is 16.2. The van der Waals surface area contributed by atoms with Crippen molar-refractivity contribution in [2.75, 3.05) is 22.6 Å². The van der Waals surface area contributed by atoms with E-state index in [1.54, 1.807) is 18.2 Å². The van der Waals surface area contributed by atoms with E-state index in [0.717, 1.165) is 17.1 Å². The van der Waals surface area contributed by atoms with Crippen LogP contribution in [-0.4, -0.2) is 52.1 Å². The van der Waals surface area contributed by atoms with Gasteiger partial charge in [0.2, 0.25) is 5.91 Å². The highest BCUT2D eigenvalue weighted by atomic mass is 32.2. The van der Waals surface area contributed by atoms with Crippen LogP contribution in [0.1, 0.15) is 41.0 Å². The molecule has 0 radical (unpaired) electrons. The summed E-state index contributed by atoms with van der Waals surface area (Å²) in [5, 5.41) is 11.8. The molecule has 1 saturated heterocycles. The number of thioether (sulfide) groups is 1. The minimum atomic E-state index is -2.92. The summed E-state index contributed by atoms with van der Waals surface area (Å²) in [6.07, 6.45) is 1.23. The Morgan fingerprint density at radius 3 is 2.86 bits per heavy atom. The van der Waals surface area contributed by atoms with Gasteiger partial charge in [-0.2, -0.15) is 0 Å². The molecule has 0 unspecified atom stereocenters. The Morgan fingerprint density at radius 1 is 1.34 bits per heavy atom. The maximum atomic E-state index is 12.6. The molecular weight excluding hydrogens is 412 g/mol. The molecular formula is C19H22N4O4S2. The number of carbonyl (C=O) groups is 2. The van der Waals surface area contributed by atoms with Gasteiger partial charge in [-0.25, -0.2) is 8.42 Å². The molecule has 1 N–H and O–H groups in total. The van der Waals surface area contributed by atoms with Gasteiger partial charge in [-0.15, -0.1) is 10.2 Å². The smallest absolute Gasteiger partial charge is 0.231 e. The van der Waals surface area contributed by atoms with Crippen molar-refractivity contribution in [2.24, 2.45) is 13.0 Å². The minimum Gasteiger partial charge on any atom is -0.325 e. The number of sulfone groups is 1. The summed E-state index contributed by atoms with van der Waals surface area (Å²) in [6, 6.07) is 5.27. The molecule has 0 spiro atoms. The van der Waals surface area contributed by atoms with Crippen LogP contribution in [0.4, 0.5) is 5.69 Å². The second-order valence-corrected chi connectivity index (χ2v) is 10.8. The number of ketones is 1. The molecule has 2 aliphatic rings. The molecule has 3 heterocycles. The number of fused-ring (bicyclic) bond motifs is 1. The molecule has 0 saturated carbocycles. The highest BCUT2D eigenvalue weighted by molar-refractivity contribution is 7.99. The largest absolute Gasteiger partial charge is 0.325 e. The molecule has 10 heteroatoms. The summed E-state index contributed by atoms with van der Waals surface area (Å²) in [6.45, 7) is 1.82. The first kappa shape index (κ1) is 20.1. The van der Waals surface area contributed by atoms with E-state index in [4.69, 9.17) is 0 Å². The first-order valence-corrected chi connectivity index (χ1v) is 12.2. The Kier molecular flexibility index (Phi) is 5.24. The van der Waals surface area contributed by atoms with Crippen molar-refractivity contribution >= 4 is 39.0 Å². The fraction of sp³-hybridized carbons (Fsp3) is 0.474. The summed E-state index contributed by atoms with van der Waals surface area (Å²) in [5.41, 5.74) is 2.18. The number of anilines is 1. The molecule has 0 bridgehead atoms. The van der Waals surface area contributed by atoms with Crippen molar-refractivity contribution in [1.29, 1.82) is 0 Å². The van der Waals surface area contributed by atoms with Gasteiger partial charge in [0, 0.05) is 24.7 Å². The van der Waals surface area contributed by atoms with E-state index in [-0.39, 0.29) is 40.8 Å². The van der Waals surface area contributed by atoms with Crippen LogP contribution in [0.2, 0.25) is 0 Å². The third-order valence-electron chi connectivity index (χ3n) is 5.55. The van der Waals surface area contributed by atoms with Crippen molar-refractivity contribution in [3.63, 3.8) is 0 Å². The van der Waals surface area contributed by atoms with E-state index >= 15 is 0 Å². The van der Waals surface area contributed by atoms with E-state index in [2.05, 4.69) is 15.5 Å². The number of benzene rings is 1. The molecule has 1 amide bonds. The van der Waals surface area contributed by atoms with Gasteiger partial charge in [-0.1, -0.05) is 11.8 Å². The van der Waals surface area contributed by atoms with Gasteiger partial charge >= 0.3 is 0 Å². The molecule has 1 fully saturated rings. The van der Waals surface area contributed by atoms with Crippen molar-refractivity contribution in [3.05, 3.63) is 35.2 Å². The number of hydrogen-bond donors (Lipinski definition) is 1. The van der Waals surface area contributed by atoms with Gasteiger partial charge in [0.05, 0.1) is 23.2 Å². The Hall–Kier alpha value is -2.20. The SMILES string of the molecule is C[C@H]1C(=O)Nc2ccc(C(=O)CSc3nnc(C[C@@H]4CCS(=O)(=O)C4)n3C)cc21. The molecule has 29 heavy (non-hydrogen) atoms. The topological polar surface area (TPSA) is 111 Å². The predicted molar refractivity (Wildman–Crippen MR) is 110 cm³/mol. The number of amides is 1. The van der Waals surface area contributed by atoms with Crippen LogP contribution in [-0.2, 0) is 28.1 Å². The number of aromatic nitrogens is 3. The number of carbonyl (C=O) groups excluding carboxylic acids is 2. The van der Waals surface area contributed by atoms with Gasteiger partial charge in [0.15, 0.2) is 20.8 Å². The van der Waals surface area contributed by atoms with Gasteiger partial charge in [-0.3, -0.25) is 9.59 Å². The number of rotatable bonds is 6. The monoisotopic (exact) mass is 434 g/mol. The maximum Gasteiger partial charge on any atom is 0.231 e. The highest BCUT2D eigenvalue weighted by Gasteiger charge is 2.30. The van der Waals surface area contributed by atoms with E-state index in [9.17, 15) is 18.0 Å². The van der Waals surface area contributed by atoms with Crippen LogP contribution in [0.3, 0.4) is 0 Å². The minimum absolute atomic E-state index is 0.0456. The molecule has 4 rings (SSSR count). The third-order valence-corrected chi connectivity index (χ3v) is 8.40. The molecule has 0 aliphatic carbocycles. The van der Waals surface area contributed by atoms with Gasteiger partial charge in [0.1, 0.15) is 5.82 Å². The maximum absolute atomic E-state index is 12.6. The van der Waals surface area contributed by atoms with Crippen LogP contribution < -0.4 is 5.32 Å². The number of Topliss-reactive ketones (excluding diaryl/α,β-unsaturated/α-hetero) is 1. The van der Waals surface area contributed by atoms with Crippen LogP contribution in [0, 0.1) is 5.92 Å². The number of nitrogens with zero attached hydrogens (tertiary/aromatic N) is 3. The Bertz CT molecular complexity index is 1090. The van der Waals surface area contributed by atoms with Crippen molar-refractivity contribution in [3.8, 4) is 0 Å². The van der Waals surface area contributed by atoms with Crippen LogP contribution in [0.25, 0.3) is 0 Å². The Morgan fingerprint density at radius 2 is 2.14 bits per heavy atom. The summed E-state index contributed by atoms with van der Waals surface area (Å²) in [5.74, 6) is 1.10. The first-order chi connectivity index (χ1) is 13.7. The normalized spacial score (nSPS) is 22.5. The van der Waals surface area contributed by atoms with Crippen molar-refractivity contribution < 1.29 is 18.0 Å². The van der Waals surface area contributed by atoms with E-state index in [1.807, 2.05) is 18.5 Å². The first-order valence-electron chi connectivity index (χ1n) is 9.43. The van der Waals surface area contributed by atoms with E-state index < -0.39 is 9.84 Å². The number of nitrogens with one attached hydrogen (secondary N) is 1. The summed E-state index contributed by atoms with van der Waals surface area (Å²) in [7, 11) is -1.09. The lowest BCUT2D eigenvalue weighted by atomic mass is 9.99. The lowest BCUT2D eigenvalue weighted by Gasteiger charge is -2.08. The van der Waals surface area contributed by atoms with E-state index in [1.165, 1.54) is 11.8 Å². The molecule has 8 nitrogen and oxygen atoms in total. The molecule has 2 atom stereocenters.